The number of benzene rings is 1. The molecule has 0 saturated carbocycles. The fourth-order valence-electron chi connectivity index (χ4n) is 2.69. The number of aryl methyl sites for hydroxylation is 2. The zero-order chi connectivity index (χ0) is 14.8. The molecule has 3 rings (SSSR count). The van der Waals surface area contributed by atoms with Gasteiger partial charge in [-0.2, -0.15) is 0 Å². The molecule has 1 heterocycles. The molecule has 0 bridgehead atoms. The van der Waals surface area contributed by atoms with Gasteiger partial charge in [0.2, 0.25) is 0 Å². The van der Waals surface area contributed by atoms with E-state index in [9.17, 15) is 4.79 Å². The molecule has 3 heteroatoms. The van der Waals surface area contributed by atoms with Gasteiger partial charge in [0.15, 0.2) is 0 Å². The molecular formula is C18H18O2S. The first-order chi connectivity index (χ1) is 10.2. The molecule has 21 heavy (non-hydrogen) atoms. The summed E-state index contributed by atoms with van der Waals surface area (Å²) in [6.45, 7) is 2.11. The summed E-state index contributed by atoms with van der Waals surface area (Å²) in [5.41, 5.74) is 4.47. The van der Waals surface area contributed by atoms with Crippen LogP contribution in [0.15, 0.2) is 35.9 Å². The van der Waals surface area contributed by atoms with Crippen LogP contribution in [0.25, 0.3) is 16.5 Å². The van der Waals surface area contributed by atoms with E-state index in [1.165, 1.54) is 33.6 Å². The summed E-state index contributed by atoms with van der Waals surface area (Å²) in [5, 5.41) is 0. The van der Waals surface area contributed by atoms with Gasteiger partial charge in [-0.3, -0.25) is 0 Å². The van der Waals surface area contributed by atoms with Crippen LogP contribution < -0.4 is 0 Å². The third-order valence-electron chi connectivity index (χ3n) is 3.77. The third kappa shape index (κ3) is 2.93. The highest BCUT2D eigenvalue weighted by atomic mass is 32.1. The number of carbonyl (C=O) groups excluding carboxylic acids is 1. The van der Waals surface area contributed by atoms with Gasteiger partial charge in [-0.1, -0.05) is 29.8 Å². The zero-order valence-electron chi connectivity index (χ0n) is 12.3. The lowest BCUT2D eigenvalue weighted by Crippen LogP contribution is -2.03. The van der Waals surface area contributed by atoms with Crippen molar-refractivity contribution in [1.82, 2.24) is 0 Å². The topological polar surface area (TPSA) is 26.3 Å². The van der Waals surface area contributed by atoms with Crippen molar-refractivity contribution >= 4 is 23.4 Å². The largest absolute Gasteiger partial charge is 0.466 e. The van der Waals surface area contributed by atoms with E-state index < -0.39 is 0 Å². The number of carbonyl (C=O) groups is 1. The van der Waals surface area contributed by atoms with Crippen LogP contribution in [-0.2, 0) is 16.0 Å². The molecule has 0 radical (unpaired) electrons. The summed E-state index contributed by atoms with van der Waals surface area (Å²) < 4.78 is 4.86. The van der Waals surface area contributed by atoms with Gasteiger partial charge in [0.05, 0.1) is 7.11 Å². The van der Waals surface area contributed by atoms with Crippen molar-refractivity contribution in [2.75, 3.05) is 7.11 Å². The SMILES string of the molecule is COC(=O)C1=Cc2cc(-c3cccc(C)c3)sc2CCC1. The molecule has 0 unspecified atom stereocenters. The van der Waals surface area contributed by atoms with Crippen molar-refractivity contribution in [2.45, 2.75) is 26.2 Å². The number of thiophene rings is 1. The molecule has 0 N–H and O–H groups in total. The van der Waals surface area contributed by atoms with Gasteiger partial charge < -0.3 is 4.74 Å². The Hall–Kier alpha value is -1.87. The molecule has 108 valence electrons. The number of ether oxygens (including phenoxy) is 1. The van der Waals surface area contributed by atoms with Crippen LogP contribution in [0.5, 0.6) is 0 Å². The molecule has 1 aromatic heterocycles. The molecule has 1 aromatic carbocycles. The Bertz CT molecular complexity index is 710. The van der Waals surface area contributed by atoms with Gasteiger partial charge in [0.1, 0.15) is 0 Å². The molecule has 0 atom stereocenters. The lowest BCUT2D eigenvalue weighted by atomic mass is 10.1. The van der Waals surface area contributed by atoms with Crippen molar-refractivity contribution in [1.29, 1.82) is 0 Å². The van der Waals surface area contributed by atoms with Gasteiger partial charge in [0, 0.05) is 15.3 Å². The quantitative estimate of drug-likeness (QED) is 0.756. The van der Waals surface area contributed by atoms with E-state index in [1.54, 1.807) is 0 Å². The fraction of sp³-hybridized carbons (Fsp3) is 0.278. The van der Waals surface area contributed by atoms with Gasteiger partial charge in [0.25, 0.3) is 0 Å². The van der Waals surface area contributed by atoms with Crippen molar-refractivity contribution < 1.29 is 9.53 Å². The molecule has 2 aromatic rings. The number of hydrogen-bond donors (Lipinski definition) is 0. The van der Waals surface area contributed by atoms with E-state index in [0.717, 1.165) is 24.8 Å². The van der Waals surface area contributed by atoms with Gasteiger partial charge in [-0.25, -0.2) is 4.79 Å². The summed E-state index contributed by atoms with van der Waals surface area (Å²) in [6, 6.07) is 10.7. The average molecular weight is 298 g/mol. The standard InChI is InChI=1S/C18H18O2S/c1-12-5-3-6-13(9-12)17-11-15-10-14(18(19)20-2)7-4-8-16(15)21-17/h3,5-6,9-11H,4,7-8H2,1-2H3. The predicted molar refractivity (Wildman–Crippen MR) is 87.4 cm³/mol. The molecular weight excluding hydrogens is 280 g/mol. The highest BCUT2D eigenvalue weighted by molar-refractivity contribution is 7.15. The van der Waals surface area contributed by atoms with Crippen LogP contribution in [-0.4, -0.2) is 13.1 Å². The minimum Gasteiger partial charge on any atom is -0.466 e. The van der Waals surface area contributed by atoms with Crippen LogP contribution in [0.1, 0.15) is 28.8 Å². The summed E-state index contributed by atoms with van der Waals surface area (Å²) in [7, 11) is 1.45. The van der Waals surface area contributed by atoms with Gasteiger partial charge in [-0.05, 0) is 49.5 Å². The summed E-state index contributed by atoms with van der Waals surface area (Å²) in [6.07, 6.45) is 4.84. The maximum Gasteiger partial charge on any atom is 0.333 e. The highest BCUT2D eigenvalue weighted by Gasteiger charge is 2.17. The van der Waals surface area contributed by atoms with E-state index in [2.05, 4.69) is 37.3 Å². The van der Waals surface area contributed by atoms with Gasteiger partial charge in [-0.15, -0.1) is 11.3 Å². The van der Waals surface area contributed by atoms with Crippen molar-refractivity contribution in [3.05, 3.63) is 51.9 Å². The lowest BCUT2D eigenvalue weighted by Gasteiger charge is -2.02. The Morgan fingerprint density at radius 2 is 2.10 bits per heavy atom. The van der Waals surface area contributed by atoms with E-state index in [4.69, 9.17) is 4.74 Å². The molecule has 0 amide bonds. The first-order valence-corrected chi connectivity index (χ1v) is 7.97. The normalized spacial score (nSPS) is 14.1. The molecule has 0 aliphatic heterocycles. The number of rotatable bonds is 2. The highest BCUT2D eigenvalue weighted by Crippen LogP contribution is 2.36. The maximum atomic E-state index is 11.8. The molecule has 0 saturated heterocycles. The minimum absolute atomic E-state index is 0.203. The van der Waals surface area contributed by atoms with E-state index in [1.807, 2.05) is 17.4 Å². The van der Waals surface area contributed by atoms with Crippen molar-refractivity contribution in [2.24, 2.45) is 0 Å². The summed E-state index contributed by atoms with van der Waals surface area (Å²) in [4.78, 5) is 14.4. The van der Waals surface area contributed by atoms with Crippen LogP contribution in [0.2, 0.25) is 0 Å². The van der Waals surface area contributed by atoms with Crippen LogP contribution >= 0.6 is 11.3 Å². The first-order valence-electron chi connectivity index (χ1n) is 7.16. The Labute approximate surface area is 129 Å². The Morgan fingerprint density at radius 3 is 2.86 bits per heavy atom. The number of esters is 1. The predicted octanol–water partition coefficient (Wildman–Crippen LogP) is 4.62. The van der Waals surface area contributed by atoms with E-state index >= 15 is 0 Å². The molecule has 0 fully saturated rings. The Balaban J connectivity index is 2.01. The van der Waals surface area contributed by atoms with E-state index in [-0.39, 0.29) is 5.97 Å². The van der Waals surface area contributed by atoms with Crippen LogP contribution in [0.4, 0.5) is 0 Å². The van der Waals surface area contributed by atoms with Crippen LogP contribution in [0, 0.1) is 6.92 Å². The fourth-order valence-corrected chi connectivity index (χ4v) is 3.87. The molecule has 2 nitrogen and oxygen atoms in total. The van der Waals surface area contributed by atoms with E-state index in [0.29, 0.717) is 0 Å². The maximum absolute atomic E-state index is 11.8. The van der Waals surface area contributed by atoms with Crippen molar-refractivity contribution in [3.8, 4) is 10.4 Å². The number of hydrogen-bond acceptors (Lipinski definition) is 3. The first kappa shape index (κ1) is 14.1. The lowest BCUT2D eigenvalue weighted by molar-refractivity contribution is -0.136. The number of fused-ring (bicyclic) bond motifs is 1. The molecule has 0 spiro atoms. The molecule has 1 aliphatic carbocycles. The van der Waals surface area contributed by atoms with Crippen LogP contribution in [0.3, 0.4) is 0 Å². The third-order valence-corrected chi connectivity index (χ3v) is 5.03. The van der Waals surface area contributed by atoms with Gasteiger partial charge >= 0.3 is 5.97 Å². The second kappa shape index (κ2) is 5.86. The monoisotopic (exact) mass is 298 g/mol. The zero-order valence-corrected chi connectivity index (χ0v) is 13.1. The minimum atomic E-state index is -0.203. The summed E-state index contributed by atoms with van der Waals surface area (Å²) in [5.74, 6) is -0.203. The number of methoxy groups -OCH3 is 1. The average Bonchev–Trinajstić information content (AvgIpc) is 2.78. The second-order valence-corrected chi connectivity index (χ2v) is 6.51. The summed E-state index contributed by atoms with van der Waals surface area (Å²) >= 11 is 1.84. The smallest absolute Gasteiger partial charge is 0.333 e. The molecule has 1 aliphatic rings. The van der Waals surface area contributed by atoms with Crippen molar-refractivity contribution in [3.63, 3.8) is 0 Å². The Kier molecular flexibility index (Phi) is 3.93. The second-order valence-electron chi connectivity index (χ2n) is 5.37. The Morgan fingerprint density at radius 1 is 1.24 bits per heavy atom.